The Morgan fingerprint density at radius 1 is 0.397 bits per heavy atom. The summed E-state index contributed by atoms with van der Waals surface area (Å²) in [6.07, 6.45) is 19.6. The van der Waals surface area contributed by atoms with Gasteiger partial charge in [-0.3, -0.25) is 0 Å². The van der Waals surface area contributed by atoms with Crippen LogP contribution in [0.3, 0.4) is 0 Å². The Morgan fingerprint density at radius 3 is 1.42 bits per heavy atom. The molecule has 2 aliphatic heterocycles. The molecule has 4 atom stereocenters. The smallest absolute Gasteiger partial charge is 0.252 e. The molecule has 4 unspecified atom stereocenters. The summed E-state index contributed by atoms with van der Waals surface area (Å²) in [6.45, 7) is 14.5. The summed E-state index contributed by atoms with van der Waals surface area (Å²) in [7, 11) is 0. The van der Waals surface area contributed by atoms with Crippen LogP contribution in [0, 0.1) is 23.2 Å². The van der Waals surface area contributed by atoms with Crippen molar-refractivity contribution >= 4 is 95.1 Å². The molecule has 5 aliphatic carbocycles. The number of allylic oxidation sites excluding steroid dienone is 4. The van der Waals surface area contributed by atoms with E-state index in [9.17, 15) is 0 Å². The van der Waals surface area contributed by atoms with Crippen LogP contribution < -0.4 is 26.2 Å². The molecule has 0 saturated heterocycles. The van der Waals surface area contributed by atoms with Gasteiger partial charge in [-0.15, -0.1) is 0 Å². The number of para-hydroxylation sites is 4. The van der Waals surface area contributed by atoms with Crippen LogP contribution in [0.15, 0.2) is 345 Å². The monoisotopic (exact) mass is 1490 g/mol. The molecule has 0 saturated carbocycles. The molecule has 2 aromatic heterocycles. The molecule has 4 nitrogen and oxygen atoms in total. The first-order chi connectivity index (χ1) is 56.8. The molecule has 14 aromatic carbocycles. The highest BCUT2D eigenvalue weighted by atomic mass is 15.2. The SMILES string of the molecule is CC(C)(C)c1cc(-c2ccccc2)c(N2c3cc(-n4c5ccccc5c5ccccc54)ccc3B3c4ccc(-n5c6ccccc6c6ccccc65)cc4N(C4C(C5CC=CCC5)=CC(C(C)(C)C)CC4C4=CCCCC4)c4cc(-c5ccc6c(c5)-c5ccccc5C65c6ccccc6-c6ccccc65)cc2c43)c(-c2ccccc2)c1. The summed E-state index contributed by atoms with van der Waals surface area (Å²) in [5, 5.41) is 5.02. The van der Waals surface area contributed by atoms with E-state index in [1.807, 2.05) is 0 Å². The lowest BCUT2D eigenvalue weighted by Crippen LogP contribution is -2.64. The quantitative estimate of drug-likeness (QED) is 0.106. The number of fused-ring (bicyclic) bond motifs is 20. The molecule has 0 N–H and O–H groups in total. The van der Waals surface area contributed by atoms with Gasteiger partial charge in [0.2, 0.25) is 0 Å². The highest BCUT2D eigenvalue weighted by Gasteiger charge is 2.54. The molecule has 16 aromatic rings. The molecule has 7 aliphatic rings. The van der Waals surface area contributed by atoms with Gasteiger partial charge in [0.05, 0.1) is 39.2 Å². The van der Waals surface area contributed by atoms with Crippen LogP contribution in [0.1, 0.15) is 121 Å². The lowest BCUT2D eigenvalue weighted by atomic mass is 9.33. The summed E-state index contributed by atoms with van der Waals surface area (Å²) in [4.78, 5) is 5.87. The molecule has 560 valence electrons. The van der Waals surface area contributed by atoms with Crippen molar-refractivity contribution in [2.75, 3.05) is 9.80 Å². The van der Waals surface area contributed by atoms with Crippen molar-refractivity contribution in [2.45, 2.75) is 110 Å². The van der Waals surface area contributed by atoms with E-state index in [1.54, 1.807) is 11.1 Å². The van der Waals surface area contributed by atoms with Crippen LogP contribution >= 0.6 is 0 Å². The second-order valence-corrected chi connectivity index (χ2v) is 36.3. The van der Waals surface area contributed by atoms with Gasteiger partial charge in [-0.1, -0.05) is 302 Å². The summed E-state index contributed by atoms with van der Waals surface area (Å²) in [6, 6.07) is 121. The van der Waals surface area contributed by atoms with E-state index in [4.69, 9.17) is 0 Å². The maximum Gasteiger partial charge on any atom is 0.252 e. The fourth-order valence-electron chi connectivity index (χ4n) is 22.6. The third-order valence-corrected chi connectivity index (χ3v) is 28.0. The van der Waals surface area contributed by atoms with Crippen molar-refractivity contribution < 1.29 is 0 Å². The van der Waals surface area contributed by atoms with Gasteiger partial charge >= 0.3 is 0 Å². The summed E-state index contributed by atoms with van der Waals surface area (Å²) in [5.41, 5.74) is 38.9. The zero-order valence-electron chi connectivity index (χ0n) is 67.1. The van der Waals surface area contributed by atoms with Crippen molar-refractivity contribution in [1.82, 2.24) is 9.13 Å². The van der Waals surface area contributed by atoms with E-state index in [2.05, 4.69) is 394 Å². The topological polar surface area (TPSA) is 16.3 Å². The van der Waals surface area contributed by atoms with Gasteiger partial charge in [0.1, 0.15) is 0 Å². The fraction of sp³-hybridized carbons (Fsp3) is 0.189. The number of aromatic nitrogens is 2. The number of hydrogen-bond acceptors (Lipinski definition) is 2. The molecule has 0 bridgehead atoms. The van der Waals surface area contributed by atoms with Gasteiger partial charge in [0.25, 0.3) is 6.71 Å². The molecule has 0 amide bonds. The van der Waals surface area contributed by atoms with E-state index in [0.717, 1.165) is 44.2 Å². The Labute approximate surface area is 682 Å². The summed E-state index contributed by atoms with van der Waals surface area (Å²) < 4.78 is 5.13. The zero-order chi connectivity index (χ0) is 77.5. The van der Waals surface area contributed by atoms with Crippen molar-refractivity contribution in [1.29, 1.82) is 0 Å². The van der Waals surface area contributed by atoms with Crippen LogP contribution in [-0.4, -0.2) is 21.9 Å². The molecular formula is C111H93BN4. The largest absolute Gasteiger partial charge is 0.334 e. The molecule has 1 spiro atoms. The number of nitrogens with zero attached hydrogens (tertiary/aromatic N) is 4. The van der Waals surface area contributed by atoms with Crippen LogP contribution in [0.4, 0.5) is 28.4 Å². The standard InChI is InChI=1S/C111H93BN4/c1-109(2,3)76-64-87(70-33-11-7-12-34-70)107(88(65-76)71-35-13-8-14-36-71)115-102-68-78(113-98-51-29-22-44-83(98)84-45-23-30-52-99(84)113)56-59-96(102)112-97-60-57-79(114-100-53-31-24-46-85(100)86-47-25-32-54-101(86)114)69-103(97)116(108-89(72-37-15-9-16-38-72)66-77(110(4,5)6)67-90(108)73-39-17-10-18-40-73)105-63-75(62-104(115)106(105)112)74-55-58-95-91(61-74)82-43-21-28-50-94(82)111(95)92-48-26-19-41-80(92)81-42-20-27-49-93(81)111/h7-9,11-15,19-36,39,41-66,68-69,72,77,90,108H,10,16-18,37-38,40,67H2,1-6H3. The van der Waals surface area contributed by atoms with E-state index < -0.39 is 5.41 Å². The third-order valence-electron chi connectivity index (χ3n) is 28.0. The Balaban J connectivity index is 0.891. The van der Waals surface area contributed by atoms with Crippen molar-refractivity contribution in [2.24, 2.45) is 23.2 Å². The maximum absolute atomic E-state index is 3.05. The van der Waals surface area contributed by atoms with Gasteiger partial charge in [0, 0.05) is 72.7 Å². The first-order valence-corrected chi connectivity index (χ1v) is 42.7. The highest BCUT2D eigenvalue weighted by Crippen LogP contribution is 2.64. The molecule has 23 rings (SSSR count). The minimum absolute atomic E-state index is 0.0190. The van der Waals surface area contributed by atoms with Crippen LogP contribution in [0.5, 0.6) is 0 Å². The predicted octanol–water partition coefficient (Wildman–Crippen LogP) is 27.1. The number of hydrogen-bond donors (Lipinski definition) is 0. The molecule has 116 heavy (non-hydrogen) atoms. The zero-order valence-corrected chi connectivity index (χ0v) is 67.1. The molecule has 4 heterocycles. The van der Waals surface area contributed by atoms with Gasteiger partial charge in [-0.05, 0) is 247 Å². The Morgan fingerprint density at radius 2 is 0.897 bits per heavy atom. The highest BCUT2D eigenvalue weighted by molar-refractivity contribution is 7.00. The second kappa shape index (κ2) is 26.3. The Kier molecular flexibility index (Phi) is 15.7. The van der Waals surface area contributed by atoms with E-state index in [1.165, 1.54) is 190 Å². The average Bonchev–Trinajstić information content (AvgIpc) is 1.41. The number of rotatable bonds is 9. The number of anilines is 5. The maximum atomic E-state index is 3.05. The predicted molar refractivity (Wildman–Crippen MR) is 490 cm³/mol. The van der Waals surface area contributed by atoms with Gasteiger partial charge < -0.3 is 18.9 Å². The second-order valence-electron chi connectivity index (χ2n) is 36.3. The van der Waals surface area contributed by atoms with Crippen LogP contribution in [0.25, 0.3) is 111 Å². The van der Waals surface area contributed by atoms with Crippen molar-refractivity contribution in [3.05, 3.63) is 373 Å². The number of benzene rings is 14. The van der Waals surface area contributed by atoms with Crippen LogP contribution in [0.2, 0.25) is 0 Å². The van der Waals surface area contributed by atoms with Crippen molar-refractivity contribution in [3.63, 3.8) is 0 Å². The lowest BCUT2D eigenvalue weighted by Gasteiger charge is -2.53. The third kappa shape index (κ3) is 10.3. The minimum Gasteiger partial charge on any atom is -0.334 e. The fourth-order valence-corrected chi connectivity index (χ4v) is 22.6. The summed E-state index contributed by atoms with van der Waals surface area (Å²) >= 11 is 0. The molecule has 5 heteroatoms. The van der Waals surface area contributed by atoms with Crippen LogP contribution in [-0.2, 0) is 10.8 Å². The van der Waals surface area contributed by atoms with Gasteiger partial charge in [-0.2, -0.15) is 0 Å². The van der Waals surface area contributed by atoms with Crippen molar-refractivity contribution in [3.8, 4) is 67.0 Å². The van der Waals surface area contributed by atoms with E-state index in [0.29, 0.717) is 11.8 Å². The van der Waals surface area contributed by atoms with Gasteiger partial charge in [-0.25, -0.2) is 0 Å². The molecule has 0 radical (unpaired) electrons. The Bertz CT molecular complexity index is 6650. The summed E-state index contributed by atoms with van der Waals surface area (Å²) in [5.74, 6) is 0.966. The van der Waals surface area contributed by atoms with Gasteiger partial charge in [0.15, 0.2) is 0 Å². The average molecular weight is 1490 g/mol. The first kappa shape index (κ1) is 69.1. The minimum atomic E-state index is -0.497. The van der Waals surface area contributed by atoms with E-state index in [-0.39, 0.29) is 29.5 Å². The van der Waals surface area contributed by atoms with E-state index >= 15 is 0 Å². The normalized spacial score (nSPS) is 18.2. The lowest BCUT2D eigenvalue weighted by molar-refractivity contribution is 0.220. The Hall–Kier alpha value is -12.4. The first-order valence-electron chi connectivity index (χ1n) is 42.7. The molecular weight excluding hydrogens is 1400 g/mol. The molecule has 0 fully saturated rings.